The van der Waals surface area contributed by atoms with Crippen molar-refractivity contribution < 1.29 is 8.96 Å². The summed E-state index contributed by atoms with van der Waals surface area (Å²) in [5.41, 5.74) is 1.94. The van der Waals surface area contributed by atoms with E-state index < -0.39 is 0 Å². The molecule has 0 unspecified atom stereocenters. The standard InChI is InChI=1S/C20H19FN3OS2/c1-4-24-17(12-14-7-5-6-10-22(14)2)27-18(19(24)25)20-23(3)15-9-8-13(21)11-16(15)26-20/h5-12H,4H2,1-3H3/q+1/b20-18+. The third-order valence-corrected chi connectivity index (χ3v) is 7.05. The van der Waals surface area contributed by atoms with E-state index in [-0.39, 0.29) is 11.4 Å². The van der Waals surface area contributed by atoms with Gasteiger partial charge in [-0.25, -0.2) is 8.96 Å². The van der Waals surface area contributed by atoms with E-state index in [0.29, 0.717) is 11.1 Å². The molecule has 0 amide bonds. The molecule has 1 aromatic carbocycles. The van der Waals surface area contributed by atoms with E-state index in [1.54, 1.807) is 10.6 Å². The molecular weight excluding hydrogens is 381 g/mol. The van der Waals surface area contributed by atoms with Crippen molar-refractivity contribution in [3.8, 4) is 0 Å². The van der Waals surface area contributed by atoms with E-state index in [9.17, 15) is 9.18 Å². The van der Waals surface area contributed by atoms with E-state index in [0.717, 1.165) is 26.0 Å². The first-order valence-corrected chi connectivity index (χ1v) is 10.2. The zero-order chi connectivity index (χ0) is 19.1. The van der Waals surface area contributed by atoms with Crippen molar-refractivity contribution in [2.24, 2.45) is 7.05 Å². The van der Waals surface area contributed by atoms with Crippen LogP contribution in [0.2, 0.25) is 0 Å². The minimum Gasteiger partial charge on any atom is -0.337 e. The summed E-state index contributed by atoms with van der Waals surface area (Å²) in [7, 11) is 3.90. The number of rotatable bonds is 2. The fourth-order valence-electron chi connectivity index (χ4n) is 3.11. The largest absolute Gasteiger partial charge is 0.337 e. The first-order chi connectivity index (χ1) is 13.0. The van der Waals surface area contributed by atoms with Crippen LogP contribution in [0.25, 0.3) is 11.1 Å². The minimum atomic E-state index is -0.265. The number of benzene rings is 1. The van der Waals surface area contributed by atoms with Crippen molar-refractivity contribution in [3.05, 3.63) is 73.7 Å². The normalized spacial score (nSPS) is 16.1. The number of hydrogen-bond donors (Lipinski definition) is 0. The number of thioether (sulfide) groups is 1. The molecule has 0 atom stereocenters. The molecule has 7 heteroatoms. The maximum absolute atomic E-state index is 13.6. The summed E-state index contributed by atoms with van der Waals surface area (Å²) in [6, 6.07) is 10.7. The molecule has 1 aliphatic rings. The summed E-state index contributed by atoms with van der Waals surface area (Å²) in [6.07, 6.45) is 4.02. The summed E-state index contributed by atoms with van der Waals surface area (Å²) in [5.74, 6) is -0.265. The van der Waals surface area contributed by atoms with Crippen molar-refractivity contribution in [1.29, 1.82) is 0 Å². The Bertz CT molecular complexity index is 1210. The van der Waals surface area contributed by atoms with Crippen LogP contribution in [-0.2, 0) is 13.6 Å². The zero-order valence-corrected chi connectivity index (χ0v) is 16.9. The number of anilines is 1. The molecule has 27 heavy (non-hydrogen) atoms. The van der Waals surface area contributed by atoms with E-state index >= 15 is 0 Å². The second-order valence-electron chi connectivity index (χ2n) is 6.28. The zero-order valence-electron chi connectivity index (χ0n) is 15.3. The molecule has 0 saturated heterocycles. The van der Waals surface area contributed by atoms with E-state index in [1.807, 2.05) is 61.0 Å². The second kappa shape index (κ2) is 6.98. The van der Waals surface area contributed by atoms with Crippen molar-refractivity contribution >= 4 is 39.9 Å². The monoisotopic (exact) mass is 400 g/mol. The molecule has 3 aromatic rings. The molecule has 0 saturated carbocycles. The quantitative estimate of drug-likeness (QED) is 0.617. The SMILES string of the molecule is CCn1c(=O)/c(=C2\Sc3cc(F)ccc3N2C)s/c1=C\c1cccc[n+]1C. The van der Waals surface area contributed by atoms with Crippen LogP contribution >= 0.6 is 23.1 Å². The van der Waals surface area contributed by atoms with Crippen molar-refractivity contribution in [1.82, 2.24) is 4.57 Å². The highest BCUT2D eigenvalue weighted by Crippen LogP contribution is 2.45. The molecule has 0 N–H and O–H groups in total. The lowest BCUT2D eigenvalue weighted by atomic mass is 10.3. The van der Waals surface area contributed by atoms with Crippen LogP contribution in [0.3, 0.4) is 0 Å². The molecule has 1 aliphatic heterocycles. The lowest BCUT2D eigenvalue weighted by molar-refractivity contribution is -0.673. The first kappa shape index (κ1) is 18.0. The molecule has 4 nitrogen and oxygen atoms in total. The Morgan fingerprint density at radius 2 is 2.07 bits per heavy atom. The third kappa shape index (κ3) is 3.11. The molecule has 0 fully saturated rings. The van der Waals surface area contributed by atoms with Gasteiger partial charge in [-0.15, -0.1) is 11.3 Å². The Morgan fingerprint density at radius 1 is 1.26 bits per heavy atom. The number of fused-ring (bicyclic) bond motifs is 1. The fraction of sp³-hybridized carbons (Fsp3) is 0.200. The number of pyridine rings is 1. The Kier molecular flexibility index (Phi) is 4.65. The second-order valence-corrected chi connectivity index (χ2v) is 8.34. The molecule has 0 bridgehead atoms. The van der Waals surface area contributed by atoms with Crippen molar-refractivity contribution in [2.75, 3.05) is 11.9 Å². The van der Waals surface area contributed by atoms with Gasteiger partial charge in [-0.3, -0.25) is 9.36 Å². The minimum absolute atomic E-state index is 0.00466. The maximum Gasteiger partial charge on any atom is 0.271 e. The van der Waals surface area contributed by atoms with Gasteiger partial charge in [0, 0.05) is 36.7 Å². The maximum atomic E-state index is 13.6. The van der Waals surface area contributed by atoms with Crippen LogP contribution in [0.1, 0.15) is 12.6 Å². The number of aromatic nitrogens is 2. The highest BCUT2D eigenvalue weighted by Gasteiger charge is 2.25. The van der Waals surface area contributed by atoms with Gasteiger partial charge in [-0.2, -0.15) is 0 Å². The van der Waals surface area contributed by atoms with Gasteiger partial charge in [-0.05, 0) is 31.2 Å². The highest BCUT2D eigenvalue weighted by atomic mass is 32.2. The van der Waals surface area contributed by atoms with Crippen molar-refractivity contribution in [3.63, 3.8) is 0 Å². The van der Waals surface area contributed by atoms with Gasteiger partial charge in [0.2, 0.25) is 5.69 Å². The summed E-state index contributed by atoms with van der Waals surface area (Å²) in [6.45, 7) is 2.57. The van der Waals surface area contributed by atoms with Crippen LogP contribution in [0.4, 0.5) is 10.1 Å². The van der Waals surface area contributed by atoms with Crippen LogP contribution in [0.15, 0.2) is 52.3 Å². The topological polar surface area (TPSA) is 29.1 Å². The molecule has 0 spiro atoms. The number of aryl methyl sites for hydroxylation is 1. The fourth-order valence-corrected chi connectivity index (χ4v) is 5.60. The highest BCUT2D eigenvalue weighted by molar-refractivity contribution is 8.08. The molecular formula is C20H19FN3OS2+. The molecule has 2 aromatic heterocycles. The van der Waals surface area contributed by atoms with Gasteiger partial charge in [0.15, 0.2) is 6.20 Å². The van der Waals surface area contributed by atoms with Gasteiger partial charge in [0.1, 0.15) is 27.1 Å². The Hall–Kier alpha value is -2.38. The van der Waals surface area contributed by atoms with Gasteiger partial charge in [0.05, 0.1) is 5.69 Å². The lowest BCUT2D eigenvalue weighted by Crippen LogP contribution is -2.34. The summed E-state index contributed by atoms with van der Waals surface area (Å²) >= 11 is 2.93. The Morgan fingerprint density at radius 3 is 2.81 bits per heavy atom. The number of hydrogen-bond acceptors (Lipinski definition) is 4. The smallest absolute Gasteiger partial charge is 0.271 e. The third-order valence-electron chi connectivity index (χ3n) is 4.58. The van der Waals surface area contributed by atoms with Crippen LogP contribution in [0.5, 0.6) is 0 Å². The molecule has 3 heterocycles. The van der Waals surface area contributed by atoms with Crippen molar-refractivity contribution in [2.45, 2.75) is 18.4 Å². The predicted molar refractivity (Wildman–Crippen MR) is 109 cm³/mol. The van der Waals surface area contributed by atoms with E-state index in [4.69, 9.17) is 0 Å². The van der Waals surface area contributed by atoms with E-state index in [2.05, 4.69) is 0 Å². The molecule has 0 radical (unpaired) electrons. The van der Waals surface area contributed by atoms with Gasteiger partial charge in [-0.1, -0.05) is 11.8 Å². The summed E-state index contributed by atoms with van der Waals surface area (Å²) in [4.78, 5) is 15.9. The van der Waals surface area contributed by atoms with Crippen LogP contribution in [-0.4, -0.2) is 11.6 Å². The van der Waals surface area contributed by atoms with Gasteiger partial charge >= 0.3 is 0 Å². The molecule has 138 valence electrons. The number of halogens is 1. The summed E-state index contributed by atoms with van der Waals surface area (Å²) < 4.78 is 19.0. The van der Waals surface area contributed by atoms with Gasteiger partial charge in [0.25, 0.3) is 5.56 Å². The van der Waals surface area contributed by atoms with Crippen LogP contribution < -0.4 is 24.2 Å². The lowest BCUT2D eigenvalue weighted by Gasteiger charge is -2.12. The predicted octanol–water partition coefficient (Wildman–Crippen LogP) is 2.03. The molecule has 4 rings (SSSR count). The average Bonchev–Trinajstić information content (AvgIpc) is 3.13. The Balaban J connectivity index is 1.94. The summed E-state index contributed by atoms with van der Waals surface area (Å²) in [5, 5.41) is 0.852. The van der Waals surface area contributed by atoms with Gasteiger partial charge < -0.3 is 4.90 Å². The molecule has 0 aliphatic carbocycles. The van der Waals surface area contributed by atoms with E-state index in [1.165, 1.54) is 35.2 Å². The number of thiazole rings is 1. The first-order valence-electron chi connectivity index (χ1n) is 8.61. The average molecular weight is 401 g/mol. The number of nitrogens with zero attached hydrogens (tertiary/aromatic N) is 3. The van der Waals surface area contributed by atoms with Crippen LogP contribution in [0, 0.1) is 5.82 Å². The Labute approximate surface area is 164 Å².